The number of β-amino-alcohol motifs (C(OH)–C–C–N with tert-alkyl or cyclic N) is 1. The molecule has 1 saturated heterocycles. The monoisotopic (exact) mass is 203 g/mol. The van der Waals surface area contributed by atoms with Crippen LogP contribution >= 0.6 is 0 Å². The summed E-state index contributed by atoms with van der Waals surface area (Å²) in [5.41, 5.74) is 1.42. The van der Waals surface area contributed by atoms with Crippen molar-refractivity contribution in [3.63, 3.8) is 0 Å². The van der Waals surface area contributed by atoms with Crippen LogP contribution in [-0.4, -0.2) is 34.2 Å². The lowest BCUT2D eigenvalue weighted by molar-refractivity contribution is 0.174. The molecular formula is C11H13N3O. The summed E-state index contributed by atoms with van der Waals surface area (Å²) < 4.78 is 0. The number of nitriles is 1. The minimum absolute atomic E-state index is 0.216. The molecule has 2 rings (SSSR count). The van der Waals surface area contributed by atoms with Crippen molar-refractivity contribution < 1.29 is 5.11 Å². The number of aliphatic hydroxyl groups excluding tert-OH is 1. The molecule has 2 heterocycles. The summed E-state index contributed by atoms with van der Waals surface area (Å²) in [4.78, 5) is 6.15. The van der Waals surface area contributed by atoms with Gasteiger partial charge in [0.25, 0.3) is 0 Å². The van der Waals surface area contributed by atoms with Gasteiger partial charge in [-0.1, -0.05) is 6.07 Å². The third kappa shape index (κ3) is 2.32. The van der Waals surface area contributed by atoms with E-state index in [9.17, 15) is 5.11 Å². The SMILES string of the molecule is N#Cc1ncccc1CN1CC[C@@H](O)C1. The molecule has 1 fully saturated rings. The van der Waals surface area contributed by atoms with Crippen molar-refractivity contribution in [3.05, 3.63) is 29.6 Å². The summed E-state index contributed by atoms with van der Waals surface area (Å²) in [5.74, 6) is 0. The molecule has 4 nitrogen and oxygen atoms in total. The summed E-state index contributed by atoms with van der Waals surface area (Å²) in [6.45, 7) is 2.29. The van der Waals surface area contributed by atoms with Crippen LogP contribution in [0, 0.1) is 11.3 Å². The summed E-state index contributed by atoms with van der Waals surface area (Å²) in [5, 5.41) is 18.2. The van der Waals surface area contributed by atoms with Gasteiger partial charge in [-0.3, -0.25) is 4.90 Å². The molecule has 1 aromatic heterocycles. The molecule has 0 bridgehead atoms. The molecule has 4 heteroatoms. The molecule has 1 aliphatic heterocycles. The molecule has 1 aromatic rings. The first-order chi connectivity index (χ1) is 7.29. The van der Waals surface area contributed by atoms with Crippen LogP contribution in [0.5, 0.6) is 0 Å². The van der Waals surface area contributed by atoms with Gasteiger partial charge in [0.15, 0.2) is 0 Å². The van der Waals surface area contributed by atoms with Gasteiger partial charge < -0.3 is 5.11 Å². The summed E-state index contributed by atoms with van der Waals surface area (Å²) in [6, 6.07) is 5.83. The molecule has 78 valence electrons. The molecular weight excluding hydrogens is 190 g/mol. The summed E-state index contributed by atoms with van der Waals surface area (Å²) in [6.07, 6.45) is 2.23. The lowest BCUT2D eigenvalue weighted by Gasteiger charge is -2.14. The van der Waals surface area contributed by atoms with Crippen molar-refractivity contribution in [2.45, 2.75) is 19.1 Å². The second kappa shape index (κ2) is 4.39. The average Bonchev–Trinajstić information content (AvgIpc) is 2.65. The maximum absolute atomic E-state index is 9.38. The minimum atomic E-state index is -0.216. The Bertz CT molecular complexity index is 386. The Morgan fingerprint density at radius 2 is 2.53 bits per heavy atom. The molecule has 0 saturated carbocycles. The summed E-state index contributed by atoms with van der Waals surface area (Å²) >= 11 is 0. The number of aliphatic hydroxyl groups is 1. The number of nitrogens with zero attached hydrogens (tertiary/aromatic N) is 3. The second-order valence-corrected chi connectivity index (χ2v) is 3.80. The molecule has 1 N–H and O–H groups in total. The number of hydrogen-bond acceptors (Lipinski definition) is 4. The van der Waals surface area contributed by atoms with E-state index in [-0.39, 0.29) is 6.10 Å². The third-order valence-corrected chi connectivity index (χ3v) is 2.64. The van der Waals surface area contributed by atoms with Gasteiger partial charge in [0.1, 0.15) is 11.8 Å². The normalized spacial score (nSPS) is 21.5. The molecule has 0 unspecified atom stereocenters. The van der Waals surface area contributed by atoms with Crippen molar-refractivity contribution >= 4 is 0 Å². The Kier molecular flexibility index (Phi) is 2.95. The van der Waals surface area contributed by atoms with Gasteiger partial charge in [-0.25, -0.2) is 4.98 Å². The van der Waals surface area contributed by atoms with Gasteiger partial charge in [0, 0.05) is 31.4 Å². The Morgan fingerprint density at radius 1 is 1.67 bits per heavy atom. The van der Waals surface area contributed by atoms with Crippen molar-refractivity contribution in [2.75, 3.05) is 13.1 Å². The zero-order chi connectivity index (χ0) is 10.7. The second-order valence-electron chi connectivity index (χ2n) is 3.80. The first-order valence-corrected chi connectivity index (χ1v) is 5.04. The molecule has 1 aliphatic rings. The largest absolute Gasteiger partial charge is 0.392 e. The number of likely N-dealkylation sites (tertiary alicyclic amines) is 1. The van der Waals surface area contributed by atoms with Crippen LogP contribution in [0.25, 0.3) is 0 Å². The van der Waals surface area contributed by atoms with E-state index < -0.39 is 0 Å². The van der Waals surface area contributed by atoms with Crippen LogP contribution in [0.4, 0.5) is 0 Å². The molecule has 0 amide bonds. The first-order valence-electron chi connectivity index (χ1n) is 5.04. The zero-order valence-corrected chi connectivity index (χ0v) is 8.43. The van der Waals surface area contributed by atoms with Crippen LogP contribution in [0.1, 0.15) is 17.7 Å². The van der Waals surface area contributed by atoms with Crippen LogP contribution in [-0.2, 0) is 6.54 Å². The number of aromatic nitrogens is 1. The first kappa shape index (κ1) is 10.1. The zero-order valence-electron chi connectivity index (χ0n) is 8.43. The van der Waals surface area contributed by atoms with E-state index in [4.69, 9.17) is 5.26 Å². The highest BCUT2D eigenvalue weighted by molar-refractivity contribution is 5.30. The van der Waals surface area contributed by atoms with E-state index >= 15 is 0 Å². The molecule has 0 radical (unpaired) electrons. The quantitative estimate of drug-likeness (QED) is 0.761. The predicted octanol–water partition coefficient (Wildman–Crippen LogP) is 0.520. The van der Waals surface area contributed by atoms with Crippen LogP contribution in [0.15, 0.2) is 18.3 Å². The van der Waals surface area contributed by atoms with Gasteiger partial charge in [-0.15, -0.1) is 0 Å². The predicted molar refractivity (Wildman–Crippen MR) is 54.9 cm³/mol. The van der Waals surface area contributed by atoms with Gasteiger partial charge >= 0.3 is 0 Å². The number of rotatable bonds is 2. The van der Waals surface area contributed by atoms with Crippen LogP contribution in [0.2, 0.25) is 0 Å². The Morgan fingerprint density at radius 3 is 3.20 bits per heavy atom. The Labute approximate surface area is 88.8 Å². The third-order valence-electron chi connectivity index (χ3n) is 2.64. The van der Waals surface area contributed by atoms with Crippen molar-refractivity contribution in [2.24, 2.45) is 0 Å². The highest BCUT2D eigenvalue weighted by Gasteiger charge is 2.20. The maximum Gasteiger partial charge on any atom is 0.144 e. The molecule has 0 spiro atoms. The fourth-order valence-corrected chi connectivity index (χ4v) is 1.86. The van der Waals surface area contributed by atoms with Crippen molar-refractivity contribution in [1.29, 1.82) is 5.26 Å². The smallest absolute Gasteiger partial charge is 0.144 e. The van der Waals surface area contributed by atoms with E-state index in [1.165, 1.54) is 0 Å². The van der Waals surface area contributed by atoms with Crippen molar-refractivity contribution in [1.82, 2.24) is 9.88 Å². The Balaban J connectivity index is 2.08. The molecule has 0 aromatic carbocycles. The molecule has 15 heavy (non-hydrogen) atoms. The van der Waals surface area contributed by atoms with E-state index in [1.54, 1.807) is 6.20 Å². The van der Waals surface area contributed by atoms with E-state index in [1.807, 2.05) is 12.1 Å². The van der Waals surface area contributed by atoms with E-state index in [0.29, 0.717) is 18.8 Å². The fraction of sp³-hybridized carbons (Fsp3) is 0.455. The average molecular weight is 203 g/mol. The van der Waals surface area contributed by atoms with Crippen molar-refractivity contribution in [3.8, 4) is 6.07 Å². The lowest BCUT2D eigenvalue weighted by atomic mass is 10.2. The van der Waals surface area contributed by atoms with E-state index in [2.05, 4.69) is 16.0 Å². The van der Waals surface area contributed by atoms with Gasteiger partial charge in [-0.2, -0.15) is 5.26 Å². The topological polar surface area (TPSA) is 60.2 Å². The van der Waals surface area contributed by atoms with E-state index in [0.717, 1.165) is 18.5 Å². The Hall–Kier alpha value is -1.44. The highest BCUT2D eigenvalue weighted by Crippen LogP contribution is 2.14. The minimum Gasteiger partial charge on any atom is -0.392 e. The number of hydrogen-bond donors (Lipinski definition) is 1. The van der Waals surface area contributed by atoms with Gasteiger partial charge in [0.2, 0.25) is 0 Å². The lowest BCUT2D eigenvalue weighted by Crippen LogP contribution is -2.22. The molecule has 0 aliphatic carbocycles. The van der Waals surface area contributed by atoms with Gasteiger partial charge in [-0.05, 0) is 12.5 Å². The standard InChI is InChI=1S/C11H13N3O/c12-6-11-9(2-1-4-13-11)7-14-5-3-10(15)8-14/h1-2,4,10,15H,3,5,7-8H2/t10-/m1/s1. The summed E-state index contributed by atoms with van der Waals surface area (Å²) in [7, 11) is 0. The maximum atomic E-state index is 9.38. The van der Waals surface area contributed by atoms with Crippen LogP contribution in [0.3, 0.4) is 0 Å². The fourth-order valence-electron chi connectivity index (χ4n) is 1.86. The molecule has 1 atom stereocenters. The highest BCUT2D eigenvalue weighted by atomic mass is 16.3. The van der Waals surface area contributed by atoms with Crippen LogP contribution < -0.4 is 0 Å². The van der Waals surface area contributed by atoms with Gasteiger partial charge in [0.05, 0.1) is 6.10 Å². The number of pyridine rings is 1.